The molecule has 1 fully saturated rings. The van der Waals surface area contributed by atoms with Crippen LogP contribution in [0.4, 0.5) is 15.8 Å². The Balaban J connectivity index is 1.73. The van der Waals surface area contributed by atoms with Gasteiger partial charge in [-0.2, -0.15) is 0 Å². The summed E-state index contributed by atoms with van der Waals surface area (Å²) >= 11 is 6.06. The number of piperidine rings is 1. The fourth-order valence-electron chi connectivity index (χ4n) is 3.63. The lowest BCUT2D eigenvalue weighted by Gasteiger charge is -2.35. The third-order valence-corrected chi connectivity index (χ3v) is 7.04. The number of sulfonamides is 1. The van der Waals surface area contributed by atoms with Crippen molar-refractivity contribution in [3.05, 3.63) is 53.3 Å². The number of benzene rings is 2. The van der Waals surface area contributed by atoms with Crippen LogP contribution in [0.1, 0.15) is 33.6 Å². The summed E-state index contributed by atoms with van der Waals surface area (Å²) in [6.07, 6.45) is 0.981. The predicted molar refractivity (Wildman–Crippen MR) is 126 cm³/mol. The Morgan fingerprint density at radius 1 is 1.06 bits per heavy atom. The highest BCUT2D eigenvalue weighted by molar-refractivity contribution is 7.92. The molecule has 0 unspecified atom stereocenters. The van der Waals surface area contributed by atoms with E-state index >= 15 is 0 Å². The number of rotatable bonds is 5. The number of halogens is 2. The highest BCUT2D eigenvalue weighted by atomic mass is 35.5. The summed E-state index contributed by atoms with van der Waals surface area (Å²) < 4.78 is 41.7. The summed E-state index contributed by atoms with van der Waals surface area (Å²) in [5.41, 5.74) is -0.253. The van der Waals surface area contributed by atoms with Crippen LogP contribution < -0.4 is 10.0 Å². The van der Waals surface area contributed by atoms with Gasteiger partial charge in [-0.1, -0.05) is 44.5 Å². The van der Waals surface area contributed by atoms with Crippen molar-refractivity contribution in [2.75, 3.05) is 23.1 Å². The number of anilines is 2. The van der Waals surface area contributed by atoms with Gasteiger partial charge in [0.2, 0.25) is 11.8 Å². The minimum absolute atomic E-state index is 0.0426. The molecule has 1 aliphatic rings. The van der Waals surface area contributed by atoms with E-state index in [0.717, 1.165) is 12.1 Å². The van der Waals surface area contributed by atoms with Crippen LogP contribution in [-0.2, 0) is 19.6 Å². The molecule has 0 aliphatic carbocycles. The van der Waals surface area contributed by atoms with Crippen LogP contribution in [0.3, 0.4) is 0 Å². The molecule has 178 valence electrons. The molecule has 1 heterocycles. The van der Waals surface area contributed by atoms with E-state index in [4.69, 9.17) is 11.6 Å². The van der Waals surface area contributed by atoms with E-state index in [2.05, 4.69) is 10.0 Å². The number of hydrogen-bond acceptors (Lipinski definition) is 4. The zero-order valence-electron chi connectivity index (χ0n) is 18.7. The predicted octanol–water partition coefficient (Wildman–Crippen LogP) is 4.50. The molecule has 0 aromatic heterocycles. The van der Waals surface area contributed by atoms with Gasteiger partial charge in [0.25, 0.3) is 10.0 Å². The summed E-state index contributed by atoms with van der Waals surface area (Å²) in [5.74, 6) is -1.49. The number of likely N-dealkylation sites (tertiary alicyclic amines) is 1. The van der Waals surface area contributed by atoms with E-state index in [-0.39, 0.29) is 29.1 Å². The Morgan fingerprint density at radius 3 is 2.30 bits per heavy atom. The number of carbonyl (C=O) groups is 2. The van der Waals surface area contributed by atoms with Crippen molar-refractivity contribution in [2.24, 2.45) is 11.3 Å². The molecule has 10 heteroatoms. The Bertz CT molecular complexity index is 1160. The summed E-state index contributed by atoms with van der Waals surface area (Å²) in [6, 6.07) is 9.31. The minimum atomic E-state index is -4.23. The summed E-state index contributed by atoms with van der Waals surface area (Å²) in [6.45, 7) is 6.51. The second-order valence-corrected chi connectivity index (χ2v) is 11.1. The van der Waals surface area contributed by atoms with Crippen molar-refractivity contribution < 1.29 is 22.4 Å². The number of carbonyl (C=O) groups excluding carboxylic acids is 2. The second-order valence-electron chi connectivity index (χ2n) is 9.03. The average molecular weight is 496 g/mol. The number of nitrogens with one attached hydrogen (secondary N) is 2. The lowest BCUT2D eigenvalue weighted by molar-refractivity contribution is -0.142. The van der Waals surface area contributed by atoms with Gasteiger partial charge >= 0.3 is 0 Å². The fourth-order valence-corrected chi connectivity index (χ4v) is 4.96. The highest BCUT2D eigenvalue weighted by Crippen LogP contribution is 2.30. The molecule has 33 heavy (non-hydrogen) atoms. The van der Waals surface area contributed by atoms with Gasteiger partial charge in [-0.15, -0.1) is 0 Å². The first-order chi connectivity index (χ1) is 15.4. The number of hydrogen-bond donors (Lipinski definition) is 2. The Kier molecular flexibility index (Phi) is 7.33. The zero-order chi connectivity index (χ0) is 24.4. The van der Waals surface area contributed by atoms with Gasteiger partial charge < -0.3 is 10.2 Å². The SMILES string of the molecule is CC(C)(C)C(=O)N1CCC(C(=O)Nc2cc(Cl)ccc2NS(=O)(=O)c2ccccc2F)CC1. The van der Waals surface area contributed by atoms with E-state index in [9.17, 15) is 22.4 Å². The van der Waals surface area contributed by atoms with Crippen molar-refractivity contribution in [1.82, 2.24) is 4.90 Å². The lowest BCUT2D eigenvalue weighted by atomic mass is 9.90. The molecule has 2 amide bonds. The minimum Gasteiger partial charge on any atom is -0.342 e. The monoisotopic (exact) mass is 495 g/mol. The molecule has 1 aliphatic heterocycles. The van der Waals surface area contributed by atoms with Crippen LogP contribution in [0.2, 0.25) is 5.02 Å². The lowest BCUT2D eigenvalue weighted by Crippen LogP contribution is -2.45. The quantitative estimate of drug-likeness (QED) is 0.638. The second kappa shape index (κ2) is 9.69. The average Bonchev–Trinajstić information content (AvgIpc) is 2.74. The maximum absolute atomic E-state index is 14.0. The molecule has 2 N–H and O–H groups in total. The van der Waals surface area contributed by atoms with E-state index in [1.165, 1.54) is 30.3 Å². The molecular weight excluding hydrogens is 469 g/mol. The van der Waals surface area contributed by atoms with Gasteiger partial charge in [0, 0.05) is 29.4 Å². The topological polar surface area (TPSA) is 95.6 Å². The van der Waals surface area contributed by atoms with Crippen LogP contribution in [0, 0.1) is 17.2 Å². The van der Waals surface area contributed by atoms with E-state index in [1.54, 1.807) is 4.90 Å². The van der Waals surface area contributed by atoms with Crippen LogP contribution in [0.15, 0.2) is 47.4 Å². The number of amides is 2. The summed E-state index contributed by atoms with van der Waals surface area (Å²) in [4.78, 5) is 26.6. The first-order valence-electron chi connectivity index (χ1n) is 10.6. The smallest absolute Gasteiger partial charge is 0.264 e. The molecule has 0 bridgehead atoms. The van der Waals surface area contributed by atoms with Crippen LogP contribution in [0.25, 0.3) is 0 Å². The van der Waals surface area contributed by atoms with E-state index in [1.807, 2.05) is 20.8 Å². The van der Waals surface area contributed by atoms with Gasteiger partial charge in [0.15, 0.2) is 0 Å². The zero-order valence-corrected chi connectivity index (χ0v) is 20.3. The number of nitrogens with zero attached hydrogens (tertiary/aromatic N) is 1. The van der Waals surface area contributed by atoms with Crippen LogP contribution in [-0.4, -0.2) is 38.2 Å². The maximum Gasteiger partial charge on any atom is 0.264 e. The van der Waals surface area contributed by atoms with Gasteiger partial charge in [-0.3, -0.25) is 14.3 Å². The Hall–Kier alpha value is -2.65. The largest absolute Gasteiger partial charge is 0.342 e. The standard InChI is InChI=1S/C23H27ClFN3O4S/c1-23(2,3)22(30)28-12-10-15(11-13-28)21(29)26-19-14-16(24)8-9-18(19)27-33(31,32)20-7-5-4-6-17(20)25/h4-9,14-15,27H,10-13H2,1-3H3,(H,26,29). The molecule has 0 atom stereocenters. The summed E-state index contributed by atoms with van der Waals surface area (Å²) in [7, 11) is -4.23. The van der Waals surface area contributed by atoms with E-state index < -0.39 is 26.2 Å². The van der Waals surface area contributed by atoms with Crippen LogP contribution in [0.5, 0.6) is 0 Å². The highest BCUT2D eigenvalue weighted by Gasteiger charge is 2.32. The fraction of sp³-hybridized carbons (Fsp3) is 0.391. The van der Waals surface area contributed by atoms with Gasteiger partial charge in [0.05, 0.1) is 11.4 Å². The molecule has 2 aromatic rings. The maximum atomic E-state index is 14.0. The van der Waals surface area contributed by atoms with Crippen molar-refractivity contribution >= 4 is 44.8 Å². The van der Waals surface area contributed by atoms with Crippen molar-refractivity contribution in [3.8, 4) is 0 Å². The molecule has 3 rings (SSSR count). The Morgan fingerprint density at radius 2 is 1.70 bits per heavy atom. The first-order valence-corrected chi connectivity index (χ1v) is 12.4. The van der Waals surface area contributed by atoms with Crippen LogP contribution >= 0.6 is 11.6 Å². The molecule has 7 nitrogen and oxygen atoms in total. The molecule has 0 saturated carbocycles. The van der Waals surface area contributed by atoms with Gasteiger partial charge in [0.1, 0.15) is 10.7 Å². The normalized spacial score (nSPS) is 15.2. The van der Waals surface area contributed by atoms with E-state index in [0.29, 0.717) is 31.0 Å². The molecule has 0 spiro atoms. The van der Waals surface area contributed by atoms with Crippen molar-refractivity contribution in [3.63, 3.8) is 0 Å². The third-order valence-electron chi connectivity index (χ3n) is 5.40. The molecule has 1 saturated heterocycles. The third kappa shape index (κ3) is 6.03. The van der Waals surface area contributed by atoms with Gasteiger partial charge in [-0.25, -0.2) is 12.8 Å². The summed E-state index contributed by atoms with van der Waals surface area (Å²) in [5, 5.41) is 3.03. The van der Waals surface area contributed by atoms with Crippen molar-refractivity contribution in [2.45, 2.75) is 38.5 Å². The molecular formula is C23H27ClFN3O4S. The molecule has 2 aromatic carbocycles. The molecule has 0 radical (unpaired) electrons. The van der Waals surface area contributed by atoms with Crippen molar-refractivity contribution in [1.29, 1.82) is 0 Å². The Labute approximate surface area is 198 Å². The van der Waals surface area contributed by atoms with Gasteiger partial charge in [-0.05, 0) is 43.2 Å². The first kappa shape index (κ1) is 25.0.